The number of hydrogen-bond donors (Lipinski definition) is 4. The summed E-state index contributed by atoms with van der Waals surface area (Å²) in [5.74, 6) is -1.30. The molecule has 0 saturated heterocycles. The second kappa shape index (κ2) is 7.58. The molecule has 8 nitrogen and oxygen atoms in total. The summed E-state index contributed by atoms with van der Waals surface area (Å²) in [6.07, 6.45) is -2.40. The van der Waals surface area contributed by atoms with Gasteiger partial charge in [-0.15, -0.1) is 0 Å². The molecule has 0 spiro atoms. The molecule has 0 radical (unpaired) electrons. The van der Waals surface area contributed by atoms with Crippen LogP contribution in [0.5, 0.6) is 0 Å². The van der Waals surface area contributed by atoms with E-state index < -0.39 is 29.9 Å². The second-order valence-electron chi connectivity index (χ2n) is 5.80. The third-order valence-corrected chi connectivity index (χ3v) is 2.91. The fraction of sp³-hybridized carbons (Fsp3) is 0.500. The van der Waals surface area contributed by atoms with Crippen molar-refractivity contribution in [3.63, 3.8) is 0 Å². The number of aliphatic hydroxyl groups excluding tert-OH is 2. The average Bonchev–Trinajstić information content (AvgIpc) is 2.41. The van der Waals surface area contributed by atoms with Gasteiger partial charge in [-0.1, -0.05) is 11.6 Å². The van der Waals surface area contributed by atoms with Gasteiger partial charge in [0, 0.05) is 18.3 Å². The third kappa shape index (κ3) is 6.01. The Morgan fingerprint density at radius 2 is 2.00 bits per heavy atom. The Balaban J connectivity index is 2.66. The minimum Gasteiger partial charge on any atom is -0.476 e. The number of nitrogens with one attached hydrogen (secondary N) is 1. The summed E-state index contributed by atoms with van der Waals surface area (Å²) < 4.78 is 4.99. The monoisotopic (exact) mass is 346 g/mol. The highest BCUT2D eigenvalue weighted by atomic mass is 35.5. The summed E-state index contributed by atoms with van der Waals surface area (Å²) in [6.45, 7) is 4.80. The molecular formula is C14H19ClN2O6. The molecule has 1 heterocycles. The number of aromatic carboxylic acids is 1. The maximum absolute atomic E-state index is 11.5. The summed E-state index contributed by atoms with van der Waals surface area (Å²) >= 11 is 5.75. The highest BCUT2D eigenvalue weighted by Crippen LogP contribution is 2.22. The molecule has 0 saturated carbocycles. The SMILES string of the molecule is CC(C)(C)OC(=O)NCC(O)C(O)c1cnc(C(=O)O)c(Cl)c1. The lowest BCUT2D eigenvalue weighted by Crippen LogP contribution is -2.38. The van der Waals surface area contributed by atoms with Gasteiger partial charge in [0.2, 0.25) is 0 Å². The first kappa shape index (κ1) is 19.1. The van der Waals surface area contributed by atoms with Gasteiger partial charge in [-0.25, -0.2) is 14.6 Å². The van der Waals surface area contributed by atoms with Crippen LogP contribution in [0.4, 0.5) is 4.79 Å². The number of amides is 1. The molecule has 0 aliphatic heterocycles. The normalized spacial score (nSPS) is 14.0. The molecule has 4 N–H and O–H groups in total. The topological polar surface area (TPSA) is 129 Å². The van der Waals surface area contributed by atoms with Crippen molar-refractivity contribution < 1.29 is 29.6 Å². The molecule has 0 aliphatic carbocycles. The zero-order valence-electron chi connectivity index (χ0n) is 12.9. The van der Waals surface area contributed by atoms with Crippen LogP contribution in [-0.4, -0.2) is 50.6 Å². The molecule has 23 heavy (non-hydrogen) atoms. The van der Waals surface area contributed by atoms with Crippen LogP contribution in [0.3, 0.4) is 0 Å². The van der Waals surface area contributed by atoms with Gasteiger partial charge in [0.15, 0.2) is 5.69 Å². The van der Waals surface area contributed by atoms with Crippen molar-refractivity contribution in [1.29, 1.82) is 0 Å². The van der Waals surface area contributed by atoms with Gasteiger partial charge >= 0.3 is 12.1 Å². The van der Waals surface area contributed by atoms with Crippen molar-refractivity contribution in [2.75, 3.05) is 6.54 Å². The van der Waals surface area contributed by atoms with Crippen molar-refractivity contribution in [2.24, 2.45) is 0 Å². The van der Waals surface area contributed by atoms with E-state index >= 15 is 0 Å². The number of carboxylic acid groups (broad SMARTS) is 1. The van der Waals surface area contributed by atoms with Crippen LogP contribution >= 0.6 is 11.6 Å². The standard InChI is InChI=1S/C14H19ClN2O6/c1-14(2,3)23-13(22)17-6-9(18)11(19)7-4-8(15)10(12(20)21)16-5-7/h4-5,9,11,18-19H,6H2,1-3H3,(H,17,22)(H,20,21). The van der Waals surface area contributed by atoms with Crippen LogP contribution in [0, 0.1) is 0 Å². The summed E-state index contributed by atoms with van der Waals surface area (Å²) in [5, 5.41) is 30.9. The number of aromatic nitrogens is 1. The van der Waals surface area contributed by atoms with E-state index in [4.69, 9.17) is 21.4 Å². The van der Waals surface area contributed by atoms with E-state index in [9.17, 15) is 19.8 Å². The summed E-state index contributed by atoms with van der Waals surface area (Å²) in [5.41, 5.74) is -0.917. The van der Waals surface area contributed by atoms with E-state index in [0.29, 0.717) is 0 Å². The van der Waals surface area contributed by atoms with E-state index in [0.717, 1.165) is 6.20 Å². The van der Waals surface area contributed by atoms with E-state index in [1.54, 1.807) is 20.8 Å². The Kier molecular flexibility index (Phi) is 6.31. The maximum Gasteiger partial charge on any atom is 0.407 e. The highest BCUT2D eigenvalue weighted by Gasteiger charge is 2.23. The number of carbonyl (C=O) groups is 2. The number of carbonyl (C=O) groups excluding carboxylic acids is 1. The molecular weight excluding hydrogens is 328 g/mol. The first-order chi connectivity index (χ1) is 10.5. The summed E-state index contributed by atoms with van der Waals surface area (Å²) in [4.78, 5) is 25.9. The van der Waals surface area contributed by atoms with Crippen LogP contribution in [0.15, 0.2) is 12.3 Å². The van der Waals surface area contributed by atoms with Gasteiger partial charge < -0.3 is 25.4 Å². The van der Waals surface area contributed by atoms with Crippen molar-refractivity contribution in [2.45, 2.75) is 38.6 Å². The average molecular weight is 347 g/mol. The number of hydrogen-bond acceptors (Lipinski definition) is 6. The third-order valence-electron chi connectivity index (χ3n) is 2.63. The number of ether oxygens (including phenoxy) is 1. The molecule has 2 unspecified atom stereocenters. The minimum atomic E-state index is -1.40. The molecule has 0 fully saturated rings. The van der Waals surface area contributed by atoms with Crippen LogP contribution < -0.4 is 5.32 Å². The van der Waals surface area contributed by atoms with Gasteiger partial charge in [-0.3, -0.25) is 0 Å². The molecule has 0 aliphatic rings. The Morgan fingerprint density at radius 3 is 2.48 bits per heavy atom. The van der Waals surface area contributed by atoms with Gasteiger partial charge in [-0.2, -0.15) is 0 Å². The van der Waals surface area contributed by atoms with Gasteiger partial charge in [0.05, 0.1) is 5.02 Å². The predicted octanol–water partition coefficient (Wildman–Crippen LogP) is 1.35. The lowest BCUT2D eigenvalue weighted by atomic mass is 10.1. The minimum absolute atomic E-state index is 0.124. The van der Waals surface area contributed by atoms with Crippen molar-refractivity contribution in [1.82, 2.24) is 10.3 Å². The molecule has 9 heteroatoms. The lowest BCUT2D eigenvalue weighted by Gasteiger charge is -2.22. The number of rotatable bonds is 5. The van der Waals surface area contributed by atoms with Crippen LogP contribution in [0.2, 0.25) is 5.02 Å². The molecule has 128 valence electrons. The number of nitrogens with zero attached hydrogens (tertiary/aromatic N) is 1. The fourth-order valence-corrected chi connectivity index (χ4v) is 1.86. The highest BCUT2D eigenvalue weighted by molar-refractivity contribution is 6.33. The Bertz CT molecular complexity index is 587. The number of halogens is 1. The number of pyridine rings is 1. The number of alkyl carbamates (subject to hydrolysis) is 1. The van der Waals surface area contributed by atoms with Gasteiger partial charge in [-0.05, 0) is 26.8 Å². The molecule has 1 aromatic heterocycles. The van der Waals surface area contributed by atoms with Gasteiger partial charge in [0.1, 0.15) is 17.8 Å². The smallest absolute Gasteiger partial charge is 0.407 e. The summed E-state index contributed by atoms with van der Waals surface area (Å²) in [7, 11) is 0. The first-order valence-corrected chi connectivity index (χ1v) is 7.11. The van der Waals surface area contributed by atoms with Crippen LogP contribution in [0.25, 0.3) is 0 Å². The van der Waals surface area contributed by atoms with Crippen LogP contribution in [0.1, 0.15) is 42.9 Å². The Morgan fingerprint density at radius 1 is 1.39 bits per heavy atom. The number of carboxylic acids is 1. The van der Waals surface area contributed by atoms with Gasteiger partial charge in [0.25, 0.3) is 0 Å². The zero-order chi connectivity index (χ0) is 17.8. The first-order valence-electron chi connectivity index (χ1n) is 6.73. The van der Waals surface area contributed by atoms with E-state index in [2.05, 4.69) is 10.3 Å². The van der Waals surface area contributed by atoms with Crippen molar-refractivity contribution >= 4 is 23.7 Å². The molecule has 0 bridgehead atoms. The lowest BCUT2D eigenvalue weighted by molar-refractivity contribution is 0.0127. The van der Waals surface area contributed by atoms with Crippen molar-refractivity contribution in [3.05, 3.63) is 28.5 Å². The van der Waals surface area contributed by atoms with Crippen LogP contribution in [-0.2, 0) is 4.74 Å². The number of aliphatic hydroxyl groups is 2. The summed E-state index contributed by atoms with van der Waals surface area (Å²) in [6, 6.07) is 1.19. The zero-order valence-corrected chi connectivity index (χ0v) is 13.7. The molecule has 1 aromatic rings. The second-order valence-corrected chi connectivity index (χ2v) is 6.21. The fourth-order valence-electron chi connectivity index (χ4n) is 1.61. The maximum atomic E-state index is 11.5. The predicted molar refractivity (Wildman–Crippen MR) is 81.4 cm³/mol. The quantitative estimate of drug-likeness (QED) is 0.633. The Labute approximate surface area is 138 Å². The van der Waals surface area contributed by atoms with Crippen molar-refractivity contribution in [3.8, 4) is 0 Å². The van der Waals surface area contributed by atoms with E-state index in [1.807, 2.05) is 0 Å². The van der Waals surface area contributed by atoms with E-state index in [-0.39, 0.29) is 22.8 Å². The Hall–Kier alpha value is -1.90. The molecule has 2 atom stereocenters. The molecule has 0 aromatic carbocycles. The van der Waals surface area contributed by atoms with E-state index in [1.165, 1.54) is 6.07 Å². The molecule has 1 rings (SSSR count). The molecule has 1 amide bonds. The largest absolute Gasteiger partial charge is 0.476 e.